The van der Waals surface area contributed by atoms with Crippen LogP contribution in [0.4, 0.5) is 0 Å². The Kier molecular flexibility index (Phi) is 7.63. The Morgan fingerprint density at radius 2 is 1.89 bits per heavy atom. The lowest BCUT2D eigenvalue weighted by molar-refractivity contribution is -0.144. The first-order valence-corrected chi connectivity index (χ1v) is 6.41. The van der Waals surface area contributed by atoms with E-state index in [0.717, 1.165) is 0 Å². The van der Waals surface area contributed by atoms with E-state index in [2.05, 4.69) is 15.4 Å². The first-order chi connectivity index (χ1) is 8.72. The summed E-state index contributed by atoms with van der Waals surface area (Å²) in [5, 5.41) is 14.8. The Labute approximate surface area is 114 Å². The number of esters is 1. The van der Waals surface area contributed by atoms with Gasteiger partial charge in [0.15, 0.2) is 0 Å². The second-order valence-corrected chi connectivity index (χ2v) is 5.62. The van der Waals surface area contributed by atoms with Crippen molar-refractivity contribution >= 4 is 11.9 Å². The molecule has 0 aliphatic carbocycles. The van der Waals surface area contributed by atoms with Crippen LogP contribution in [0.25, 0.3) is 0 Å². The average Bonchev–Trinajstić information content (AvgIpc) is 2.29. The largest absolute Gasteiger partial charge is 0.467 e. The van der Waals surface area contributed by atoms with Gasteiger partial charge in [-0.1, -0.05) is 20.8 Å². The Bertz CT molecular complexity index is 300. The predicted octanol–water partition coefficient (Wildman–Crippen LogP) is 0.0508. The lowest BCUT2D eigenvalue weighted by atomic mass is 9.85. The van der Waals surface area contributed by atoms with E-state index >= 15 is 0 Å². The Balaban J connectivity index is 4.57. The minimum atomic E-state index is -0.717. The number of carbonyl (C=O) groups excluding carboxylic acids is 2. The molecule has 6 heteroatoms. The van der Waals surface area contributed by atoms with Gasteiger partial charge in [-0.05, 0) is 11.8 Å². The highest BCUT2D eigenvalue weighted by Gasteiger charge is 2.27. The van der Waals surface area contributed by atoms with Gasteiger partial charge in [-0.3, -0.25) is 4.79 Å². The maximum Gasteiger partial charge on any atom is 0.329 e. The van der Waals surface area contributed by atoms with Crippen molar-refractivity contribution in [2.75, 3.05) is 20.3 Å². The third-order valence-corrected chi connectivity index (χ3v) is 2.89. The SMILES string of the molecule is COC(=O)C(CNC(CCO)C(C)(C)C)NC(C)=O. The van der Waals surface area contributed by atoms with Crippen molar-refractivity contribution in [2.24, 2.45) is 5.41 Å². The molecule has 0 spiro atoms. The number of carbonyl (C=O) groups is 2. The highest BCUT2D eigenvalue weighted by molar-refractivity contribution is 5.83. The van der Waals surface area contributed by atoms with E-state index in [0.29, 0.717) is 6.42 Å². The number of hydrogen-bond donors (Lipinski definition) is 3. The third-order valence-electron chi connectivity index (χ3n) is 2.89. The minimum Gasteiger partial charge on any atom is -0.467 e. The van der Waals surface area contributed by atoms with Crippen LogP contribution in [0.1, 0.15) is 34.1 Å². The van der Waals surface area contributed by atoms with Gasteiger partial charge in [0, 0.05) is 26.1 Å². The smallest absolute Gasteiger partial charge is 0.329 e. The van der Waals surface area contributed by atoms with E-state index in [1.54, 1.807) is 0 Å². The van der Waals surface area contributed by atoms with Gasteiger partial charge in [-0.2, -0.15) is 0 Å². The standard InChI is InChI=1S/C13H26N2O4/c1-9(17)15-10(12(18)19-5)8-14-11(6-7-16)13(2,3)4/h10-11,14,16H,6-8H2,1-5H3,(H,15,17). The topological polar surface area (TPSA) is 87.7 Å². The van der Waals surface area contributed by atoms with Gasteiger partial charge in [-0.25, -0.2) is 4.79 Å². The minimum absolute atomic E-state index is 0.0402. The molecule has 0 aromatic carbocycles. The zero-order chi connectivity index (χ0) is 15.1. The number of ether oxygens (including phenoxy) is 1. The first-order valence-electron chi connectivity index (χ1n) is 6.41. The molecule has 3 N–H and O–H groups in total. The van der Waals surface area contributed by atoms with Gasteiger partial charge in [0.25, 0.3) is 0 Å². The lowest BCUT2D eigenvalue weighted by Gasteiger charge is -2.32. The maximum absolute atomic E-state index is 11.5. The summed E-state index contributed by atoms with van der Waals surface area (Å²) in [5.74, 6) is -0.772. The molecule has 2 atom stereocenters. The van der Waals surface area contributed by atoms with Crippen molar-refractivity contribution in [1.29, 1.82) is 0 Å². The van der Waals surface area contributed by atoms with Crippen molar-refractivity contribution in [1.82, 2.24) is 10.6 Å². The number of aliphatic hydroxyl groups excluding tert-OH is 1. The molecular weight excluding hydrogens is 248 g/mol. The summed E-state index contributed by atoms with van der Waals surface area (Å²) in [7, 11) is 1.28. The highest BCUT2D eigenvalue weighted by Crippen LogP contribution is 2.21. The van der Waals surface area contributed by atoms with Crippen molar-refractivity contribution in [2.45, 2.75) is 46.2 Å². The van der Waals surface area contributed by atoms with Crippen molar-refractivity contribution in [3.05, 3.63) is 0 Å². The fourth-order valence-corrected chi connectivity index (χ4v) is 1.81. The molecule has 112 valence electrons. The summed E-state index contributed by atoms with van der Waals surface area (Å²) >= 11 is 0. The number of aliphatic hydroxyl groups is 1. The number of rotatable bonds is 7. The van der Waals surface area contributed by atoms with Crippen LogP contribution in [0.15, 0.2) is 0 Å². The zero-order valence-electron chi connectivity index (χ0n) is 12.4. The third kappa shape index (κ3) is 7.12. The van der Waals surface area contributed by atoms with Gasteiger partial charge < -0.3 is 20.5 Å². The molecule has 0 fully saturated rings. The summed E-state index contributed by atoms with van der Waals surface area (Å²) in [5.41, 5.74) is -0.0559. The van der Waals surface area contributed by atoms with Crippen LogP contribution in [0, 0.1) is 5.41 Å². The van der Waals surface area contributed by atoms with Gasteiger partial charge in [0.05, 0.1) is 7.11 Å². The molecule has 0 radical (unpaired) electrons. The molecule has 2 unspecified atom stereocenters. The van der Waals surface area contributed by atoms with E-state index < -0.39 is 12.0 Å². The molecule has 0 heterocycles. The van der Waals surface area contributed by atoms with Crippen LogP contribution in [-0.4, -0.2) is 49.3 Å². The molecule has 6 nitrogen and oxygen atoms in total. The molecule has 0 aromatic heterocycles. The molecule has 0 rings (SSSR count). The zero-order valence-corrected chi connectivity index (χ0v) is 12.4. The second-order valence-electron chi connectivity index (χ2n) is 5.62. The summed E-state index contributed by atoms with van der Waals surface area (Å²) in [6.45, 7) is 7.83. The van der Waals surface area contributed by atoms with Gasteiger partial charge in [-0.15, -0.1) is 0 Å². The number of amides is 1. The summed E-state index contributed by atoms with van der Waals surface area (Å²) in [4.78, 5) is 22.6. The molecular formula is C13H26N2O4. The van der Waals surface area contributed by atoms with Gasteiger partial charge >= 0.3 is 5.97 Å². The molecule has 0 aliphatic rings. The van der Waals surface area contributed by atoms with Crippen molar-refractivity contribution in [3.8, 4) is 0 Å². The Hall–Kier alpha value is -1.14. The highest BCUT2D eigenvalue weighted by atomic mass is 16.5. The van der Waals surface area contributed by atoms with Crippen molar-refractivity contribution < 1.29 is 19.4 Å². The van der Waals surface area contributed by atoms with Crippen LogP contribution in [0.3, 0.4) is 0 Å². The molecule has 0 aliphatic heterocycles. The Morgan fingerprint density at radius 1 is 1.32 bits per heavy atom. The summed E-state index contributed by atoms with van der Waals surface area (Å²) < 4.78 is 4.65. The first kappa shape index (κ1) is 17.9. The van der Waals surface area contributed by atoms with Crippen LogP contribution in [0.5, 0.6) is 0 Å². The van der Waals surface area contributed by atoms with E-state index in [1.165, 1.54) is 14.0 Å². The normalized spacial score (nSPS) is 14.6. The maximum atomic E-state index is 11.5. The van der Waals surface area contributed by atoms with E-state index in [4.69, 9.17) is 5.11 Å². The van der Waals surface area contributed by atoms with Crippen LogP contribution in [-0.2, 0) is 14.3 Å². The lowest BCUT2D eigenvalue weighted by Crippen LogP contribution is -2.51. The predicted molar refractivity (Wildman–Crippen MR) is 72.6 cm³/mol. The van der Waals surface area contributed by atoms with Crippen LogP contribution >= 0.6 is 0 Å². The van der Waals surface area contributed by atoms with Gasteiger partial charge in [0.2, 0.25) is 5.91 Å². The Morgan fingerprint density at radius 3 is 2.26 bits per heavy atom. The molecule has 1 amide bonds. The average molecular weight is 274 g/mol. The summed E-state index contributed by atoms with van der Waals surface area (Å²) in [6.07, 6.45) is 0.581. The number of nitrogens with one attached hydrogen (secondary N) is 2. The number of methoxy groups -OCH3 is 1. The molecule has 0 aromatic rings. The van der Waals surface area contributed by atoms with Crippen LogP contribution in [0.2, 0.25) is 0 Å². The summed E-state index contributed by atoms with van der Waals surface area (Å²) in [6, 6.07) is -0.676. The quantitative estimate of drug-likeness (QED) is 0.571. The van der Waals surface area contributed by atoms with E-state index in [1.807, 2.05) is 20.8 Å². The monoisotopic (exact) mass is 274 g/mol. The molecule has 0 saturated carbocycles. The molecule has 0 saturated heterocycles. The van der Waals surface area contributed by atoms with E-state index in [9.17, 15) is 9.59 Å². The fourth-order valence-electron chi connectivity index (χ4n) is 1.81. The van der Waals surface area contributed by atoms with Crippen LogP contribution < -0.4 is 10.6 Å². The van der Waals surface area contributed by atoms with Gasteiger partial charge in [0.1, 0.15) is 6.04 Å². The van der Waals surface area contributed by atoms with Crippen molar-refractivity contribution in [3.63, 3.8) is 0 Å². The second kappa shape index (κ2) is 8.12. The molecule has 19 heavy (non-hydrogen) atoms. The van der Waals surface area contributed by atoms with E-state index in [-0.39, 0.29) is 30.5 Å². The molecule has 0 bridgehead atoms. The fraction of sp³-hybridized carbons (Fsp3) is 0.846. The number of hydrogen-bond acceptors (Lipinski definition) is 5.